The second kappa shape index (κ2) is 7.24. The van der Waals surface area contributed by atoms with Crippen molar-refractivity contribution >= 4 is 34.5 Å². The van der Waals surface area contributed by atoms with Crippen molar-refractivity contribution in [2.24, 2.45) is 5.73 Å². The molecule has 3 heterocycles. The summed E-state index contributed by atoms with van der Waals surface area (Å²) in [4.78, 5) is 31.5. The highest BCUT2D eigenvalue weighted by Gasteiger charge is 2.22. The molecule has 2 aromatic heterocycles. The summed E-state index contributed by atoms with van der Waals surface area (Å²) in [6.07, 6.45) is 3.44. The van der Waals surface area contributed by atoms with Crippen LogP contribution in [0.15, 0.2) is 46.5 Å². The predicted octanol–water partition coefficient (Wildman–Crippen LogP) is 3.35. The van der Waals surface area contributed by atoms with E-state index in [0.717, 1.165) is 36.5 Å². The van der Waals surface area contributed by atoms with Gasteiger partial charge in [0, 0.05) is 18.7 Å². The van der Waals surface area contributed by atoms with Crippen LogP contribution in [0, 0.1) is 0 Å². The van der Waals surface area contributed by atoms with Crippen molar-refractivity contribution in [2.45, 2.75) is 12.8 Å². The molecule has 1 fully saturated rings. The molecule has 1 saturated heterocycles. The highest BCUT2D eigenvalue weighted by molar-refractivity contribution is 7.13. The number of nitrogens with two attached hydrogens (primary N) is 1. The van der Waals surface area contributed by atoms with E-state index in [4.69, 9.17) is 10.2 Å². The van der Waals surface area contributed by atoms with Crippen LogP contribution in [0.25, 0.3) is 10.6 Å². The fourth-order valence-corrected chi connectivity index (χ4v) is 3.91. The number of primary amides is 1. The molecule has 0 spiro atoms. The van der Waals surface area contributed by atoms with E-state index in [-0.39, 0.29) is 5.69 Å². The first-order valence-corrected chi connectivity index (χ1v) is 9.49. The molecule has 0 aliphatic carbocycles. The fourth-order valence-electron chi connectivity index (χ4n) is 3.20. The number of nitrogens with zero attached hydrogens (tertiary/aromatic N) is 2. The van der Waals surface area contributed by atoms with E-state index in [0.29, 0.717) is 17.0 Å². The van der Waals surface area contributed by atoms with Crippen molar-refractivity contribution in [1.29, 1.82) is 0 Å². The highest BCUT2D eigenvalue weighted by atomic mass is 32.1. The molecular formula is C19H18N4O3S. The molecule has 138 valence electrons. The summed E-state index contributed by atoms with van der Waals surface area (Å²) in [5, 5.41) is 4.79. The lowest BCUT2D eigenvalue weighted by molar-refractivity contribution is 0.0995. The van der Waals surface area contributed by atoms with Gasteiger partial charge in [0.1, 0.15) is 0 Å². The lowest BCUT2D eigenvalue weighted by atomic mass is 10.1. The highest BCUT2D eigenvalue weighted by Crippen LogP contribution is 2.32. The van der Waals surface area contributed by atoms with E-state index >= 15 is 0 Å². The number of amides is 2. The van der Waals surface area contributed by atoms with Crippen LogP contribution in [-0.4, -0.2) is 29.9 Å². The minimum atomic E-state index is -0.542. The van der Waals surface area contributed by atoms with E-state index in [9.17, 15) is 9.59 Å². The number of carbonyl (C=O) groups is 2. The van der Waals surface area contributed by atoms with Crippen LogP contribution < -0.4 is 16.0 Å². The van der Waals surface area contributed by atoms with Gasteiger partial charge in [0.25, 0.3) is 5.91 Å². The Hall–Kier alpha value is -3.13. The maximum absolute atomic E-state index is 12.9. The third kappa shape index (κ3) is 3.43. The Balaban J connectivity index is 1.67. The molecule has 0 unspecified atom stereocenters. The van der Waals surface area contributed by atoms with Gasteiger partial charge in [-0.2, -0.15) is 0 Å². The number of carbonyl (C=O) groups excluding carboxylic acids is 2. The number of benzene rings is 1. The van der Waals surface area contributed by atoms with E-state index in [2.05, 4.69) is 15.2 Å². The van der Waals surface area contributed by atoms with Gasteiger partial charge in [0.15, 0.2) is 17.8 Å². The molecule has 1 aliphatic rings. The predicted molar refractivity (Wildman–Crippen MR) is 104 cm³/mol. The Labute approximate surface area is 159 Å². The SMILES string of the molecule is NC(=O)c1ccc(N2CCCC2)c(NC(=O)c2ncoc2-c2cccs2)c1. The largest absolute Gasteiger partial charge is 0.442 e. The van der Waals surface area contributed by atoms with Crippen LogP contribution >= 0.6 is 11.3 Å². The minimum absolute atomic E-state index is 0.203. The minimum Gasteiger partial charge on any atom is -0.442 e. The van der Waals surface area contributed by atoms with Crippen molar-refractivity contribution in [3.05, 3.63) is 53.4 Å². The van der Waals surface area contributed by atoms with Gasteiger partial charge in [0.05, 0.1) is 16.3 Å². The van der Waals surface area contributed by atoms with Crippen molar-refractivity contribution in [3.8, 4) is 10.6 Å². The third-order valence-corrected chi connectivity index (χ3v) is 5.37. The number of nitrogens with one attached hydrogen (secondary N) is 1. The summed E-state index contributed by atoms with van der Waals surface area (Å²) in [5.74, 6) is -0.510. The normalized spacial score (nSPS) is 13.7. The molecule has 0 radical (unpaired) electrons. The van der Waals surface area contributed by atoms with Crippen molar-refractivity contribution in [2.75, 3.05) is 23.3 Å². The van der Waals surface area contributed by atoms with Gasteiger partial charge in [-0.1, -0.05) is 6.07 Å². The quantitative estimate of drug-likeness (QED) is 0.705. The molecule has 3 N–H and O–H groups in total. The molecule has 4 rings (SSSR count). The zero-order valence-corrected chi connectivity index (χ0v) is 15.3. The zero-order valence-electron chi connectivity index (χ0n) is 14.5. The molecule has 1 aromatic carbocycles. The number of anilines is 2. The lowest BCUT2D eigenvalue weighted by Gasteiger charge is -2.22. The van der Waals surface area contributed by atoms with Gasteiger partial charge in [-0.15, -0.1) is 11.3 Å². The fraction of sp³-hybridized carbons (Fsp3) is 0.211. The molecule has 8 heteroatoms. The molecular weight excluding hydrogens is 364 g/mol. The smallest absolute Gasteiger partial charge is 0.278 e. The van der Waals surface area contributed by atoms with Crippen LogP contribution in [-0.2, 0) is 0 Å². The van der Waals surface area contributed by atoms with Gasteiger partial charge < -0.3 is 20.4 Å². The summed E-state index contributed by atoms with van der Waals surface area (Å²) >= 11 is 1.47. The Morgan fingerprint density at radius 3 is 2.74 bits per heavy atom. The van der Waals surface area contributed by atoms with Crippen LogP contribution in [0.4, 0.5) is 11.4 Å². The Kier molecular flexibility index (Phi) is 4.64. The monoisotopic (exact) mass is 382 g/mol. The second-order valence-corrected chi connectivity index (χ2v) is 7.20. The molecule has 27 heavy (non-hydrogen) atoms. The molecule has 7 nitrogen and oxygen atoms in total. The molecule has 1 aliphatic heterocycles. The van der Waals surface area contributed by atoms with Crippen LogP contribution in [0.3, 0.4) is 0 Å². The van der Waals surface area contributed by atoms with Crippen molar-refractivity contribution in [1.82, 2.24) is 4.98 Å². The van der Waals surface area contributed by atoms with Gasteiger partial charge in [-0.25, -0.2) is 4.98 Å². The Bertz CT molecular complexity index is 975. The Morgan fingerprint density at radius 1 is 1.22 bits per heavy atom. The number of hydrogen-bond donors (Lipinski definition) is 2. The van der Waals surface area contributed by atoms with Gasteiger partial charge in [-0.05, 0) is 42.5 Å². The van der Waals surface area contributed by atoms with Crippen LogP contribution in [0.2, 0.25) is 0 Å². The third-order valence-electron chi connectivity index (χ3n) is 4.50. The number of rotatable bonds is 5. The number of aromatic nitrogens is 1. The number of thiophene rings is 1. The maximum Gasteiger partial charge on any atom is 0.278 e. The molecule has 0 bridgehead atoms. The molecule has 2 amide bonds. The van der Waals surface area contributed by atoms with E-state index in [1.165, 1.54) is 17.7 Å². The Morgan fingerprint density at radius 2 is 2.04 bits per heavy atom. The number of oxazole rings is 1. The van der Waals surface area contributed by atoms with E-state index < -0.39 is 11.8 Å². The standard InChI is InChI=1S/C19H18N4O3S/c20-18(24)12-5-6-14(23-7-1-2-8-23)13(10-12)22-19(25)16-17(26-11-21-16)15-4-3-9-27-15/h3-6,9-11H,1-2,7-8H2,(H2,20,24)(H,22,25). The van der Waals surface area contributed by atoms with E-state index in [1.54, 1.807) is 12.1 Å². The summed E-state index contributed by atoms with van der Waals surface area (Å²) in [5.41, 5.74) is 7.36. The van der Waals surface area contributed by atoms with Gasteiger partial charge in [0.2, 0.25) is 5.91 Å². The zero-order chi connectivity index (χ0) is 18.8. The second-order valence-electron chi connectivity index (χ2n) is 6.25. The summed E-state index contributed by atoms with van der Waals surface area (Å²) in [7, 11) is 0. The average molecular weight is 382 g/mol. The maximum atomic E-state index is 12.9. The first kappa shape index (κ1) is 17.3. The van der Waals surface area contributed by atoms with Crippen LogP contribution in [0.1, 0.15) is 33.7 Å². The molecule has 0 atom stereocenters. The summed E-state index contributed by atoms with van der Waals surface area (Å²) in [6.45, 7) is 1.81. The summed E-state index contributed by atoms with van der Waals surface area (Å²) in [6, 6.07) is 8.86. The molecule has 0 saturated carbocycles. The number of hydrogen-bond acceptors (Lipinski definition) is 6. The first-order valence-electron chi connectivity index (χ1n) is 8.61. The average Bonchev–Trinajstić information content (AvgIpc) is 3.42. The van der Waals surface area contributed by atoms with Gasteiger partial charge >= 0.3 is 0 Å². The van der Waals surface area contributed by atoms with Crippen LogP contribution in [0.5, 0.6) is 0 Å². The summed E-state index contributed by atoms with van der Waals surface area (Å²) < 4.78 is 5.41. The van der Waals surface area contributed by atoms with Crippen molar-refractivity contribution < 1.29 is 14.0 Å². The topological polar surface area (TPSA) is 101 Å². The van der Waals surface area contributed by atoms with Crippen molar-refractivity contribution in [3.63, 3.8) is 0 Å². The molecule has 3 aromatic rings. The first-order chi connectivity index (χ1) is 13.1. The van der Waals surface area contributed by atoms with E-state index in [1.807, 2.05) is 23.6 Å². The lowest BCUT2D eigenvalue weighted by Crippen LogP contribution is -2.22. The van der Waals surface area contributed by atoms with Gasteiger partial charge in [-0.3, -0.25) is 9.59 Å².